The number of nitrogens with zero attached hydrogens (tertiary/aromatic N) is 2. The first-order valence-corrected chi connectivity index (χ1v) is 5.78. The highest BCUT2D eigenvalue weighted by Crippen LogP contribution is 2.15. The number of rotatable bonds is 6. The maximum absolute atomic E-state index is 11.5. The zero-order valence-corrected chi connectivity index (χ0v) is 11.0. The summed E-state index contributed by atoms with van der Waals surface area (Å²) in [5, 5.41) is 27.5. The number of aromatic nitrogens is 1. The second-order valence-corrected chi connectivity index (χ2v) is 4.39. The minimum Gasteiger partial charge on any atom is -0.503 e. The molecule has 19 heavy (non-hydrogen) atoms. The lowest BCUT2D eigenvalue weighted by atomic mass is 10.2. The van der Waals surface area contributed by atoms with Gasteiger partial charge in [-0.3, -0.25) is 14.5 Å². The molecule has 0 aliphatic rings. The fourth-order valence-electron chi connectivity index (χ4n) is 1.74. The molecule has 0 aliphatic carbocycles. The largest absolute Gasteiger partial charge is 0.503 e. The molecule has 1 rings (SSSR count). The number of aromatic hydroxyl groups is 1. The summed E-state index contributed by atoms with van der Waals surface area (Å²) in [6, 6.07) is 1.18. The molecule has 0 unspecified atom stereocenters. The minimum atomic E-state index is -0.908. The molecule has 0 saturated carbocycles. The first-order chi connectivity index (χ1) is 8.86. The van der Waals surface area contributed by atoms with Crippen LogP contribution in [0, 0.1) is 0 Å². The number of aliphatic hydroxyl groups is 1. The Morgan fingerprint density at radius 1 is 1.47 bits per heavy atom. The third-order valence-corrected chi connectivity index (χ3v) is 2.93. The summed E-state index contributed by atoms with van der Waals surface area (Å²) >= 11 is 0. The van der Waals surface area contributed by atoms with Crippen molar-refractivity contribution in [1.29, 1.82) is 0 Å². The number of hydrogen-bond donors (Lipinski definition) is 3. The molecule has 0 amide bonds. The number of carbonyl (C=O) groups is 1. The highest BCUT2D eigenvalue weighted by Gasteiger charge is 2.14. The summed E-state index contributed by atoms with van der Waals surface area (Å²) < 4.78 is 1.54. The van der Waals surface area contributed by atoms with Crippen LogP contribution in [0.3, 0.4) is 0 Å². The summed E-state index contributed by atoms with van der Waals surface area (Å²) in [6.07, 6.45) is -0.0229. The topological polar surface area (TPSA) is 103 Å². The van der Waals surface area contributed by atoms with Gasteiger partial charge in [0.15, 0.2) is 5.75 Å². The molecule has 0 bridgehead atoms. The Kier molecular flexibility index (Phi) is 5.08. The van der Waals surface area contributed by atoms with Crippen LogP contribution in [0.15, 0.2) is 10.9 Å². The monoisotopic (exact) mass is 270 g/mol. The van der Waals surface area contributed by atoms with E-state index < -0.39 is 11.4 Å². The molecule has 0 atom stereocenters. The number of aliphatic carboxylic acids is 1. The van der Waals surface area contributed by atoms with Gasteiger partial charge < -0.3 is 19.9 Å². The van der Waals surface area contributed by atoms with Crippen molar-refractivity contribution in [3.63, 3.8) is 0 Å². The third kappa shape index (κ3) is 3.80. The van der Waals surface area contributed by atoms with E-state index in [0.717, 1.165) is 0 Å². The van der Waals surface area contributed by atoms with Crippen LogP contribution < -0.4 is 5.43 Å². The molecule has 0 spiro atoms. The standard InChI is InChI=1S/C12H18N2O5/c1-13(4-3-11(17)18)6-9-12(19)10(16)5-8(7-15)14(9)2/h5,15,19H,3-4,6-7H2,1-2H3,(H,17,18). The Hall–Kier alpha value is -1.86. The number of aliphatic hydroxyl groups excluding tert-OH is 1. The fraction of sp³-hybridized carbons (Fsp3) is 0.500. The van der Waals surface area contributed by atoms with Gasteiger partial charge in [-0.15, -0.1) is 0 Å². The molecule has 106 valence electrons. The maximum Gasteiger partial charge on any atom is 0.304 e. The van der Waals surface area contributed by atoms with Crippen LogP contribution in [0.25, 0.3) is 0 Å². The normalized spacial score (nSPS) is 10.9. The Labute approximate surface area is 110 Å². The Morgan fingerprint density at radius 2 is 2.11 bits per heavy atom. The van der Waals surface area contributed by atoms with Crippen LogP contribution in [0.1, 0.15) is 17.8 Å². The molecular formula is C12H18N2O5. The van der Waals surface area contributed by atoms with Gasteiger partial charge in [0.25, 0.3) is 0 Å². The van der Waals surface area contributed by atoms with Crippen LogP contribution in [0.5, 0.6) is 5.75 Å². The van der Waals surface area contributed by atoms with Crippen molar-refractivity contribution in [3.8, 4) is 5.75 Å². The lowest BCUT2D eigenvalue weighted by Crippen LogP contribution is -2.25. The SMILES string of the molecule is CN(CCC(=O)O)Cc1c(O)c(=O)cc(CO)n1C. The molecule has 1 heterocycles. The molecular weight excluding hydrogens is 252 g/mol. The second kappa shape index (κ2) is 6.35. The molecule has 7 heteroatoms. The van der Waals surface area contributed by atoms with E-state index in [9.17, 15) is 14.7 Å². The van der Waals surface area contributed by atoms with E-state index in [4.69, 9.17) is 10.2 Å². The van der Waals surface area contributed by atoms with Gasteiger partial charge in [-0.05, 0) is 7.05 Å². The number of carboxylic acids is 1. The van der Waals surface area contributed by atoms with Gasteiger partial charge in [-0.1, -0.05) is 0 Å². The lowest BCUT2D eigenvalue weighted by molar-refractivity contribution is -0.137. The van der Waals surface area contributed by atoms with Gasteiger partial charge in [0, 0.05) is 31.9 Å². The predicted octanol–water partition coefficient (Wildman–Crippen LogP) is -0.510. The average Bonchev–Trinajstić information content (AvgIpc) is 2.36. The Bertz CT molecular complexity index is 524. The number of pyridine rings is 1. The van der Waals surface area contributed by atoms with E-state index in [-0.39, 0.29) is 25.3 Å². The fourth-order valence-corrected chi connectivity index (χ4v) is 1.74. The number of carboxylic acid groups (broad SMARTS) is 1. The first kappa shape index (κ1) is 15.2. The molecule has 0 saturated heterocycles. The van der Waals surface area contributed by atoms with Gasteiger partial charge in [0.05, 0.1) is 18.7 Å². The molecule has 0 aliphatic heterocycles. The van der Waals surface area contributed by atoms with Gasteiger partial charge in [-0.2, -0.15) is 0 Å². The van der Waals surface area contributed by atoms with Crippen LogP contribution in [-0.4, -0.2) is 44.3 Å². The lowest BCUT2D eigenvalue weighted by Gasteiger charge is -2.20. The maximum atomic E-state index is 11.5. The van der Waals surface area contributed by atoms with Crippen molar-refractivity contribution in [1.82, 2.24) is 9.47 Å². The van der Waals surface area contributed by atoms with E-state index in [2.05, 4.69) is 0 Å². The van der Waals surface area contributed by atoms with Crippen LogP contribution in [0.2, 0.25) is 0 Å². The Balaban J connectivity index is 2.97. The summed E-state index contributed by atoms with van der Waals surface area (Å²) in [4.78, 5) is 23.7. The molecule has 0 radical (unpaired) electrons. The highest BCUT2D eigenvalue weighted by molar-refractivity contribution is 5.66. The van der Waals surface area contributed by atoms with Crippen molar-refractivity contribution in [3.05, 3.63) is 27.7 Å². The summed E-state index contributed by atoms with van der Waals surface area (Å²) in [7, 11) is 3.32. The zero-order chi connectivity index (χ0) is 14.6. The molecule has 0 fully saturated rings. The van der Waals surface area contributed by atoms with Crippen LogP contribution in [-0.2, 0) is 25.0 Å². The molecule has 1 aromatic rings. The van der Waals surface area contributed by atoms with Crippen molar-refractivity contribution in [2.75, 3.05) is 13.6 Å². The van der Waals surface area contributed by atoms with Gasteiger partial charge in [0.1, 0.15) is 0 Å². The Morgan fingerprint density at radius 3 is 2.63 bits per heavy atom. The highest BCUT2D eigenvalue weighted by atomic mass is 16.4. The van der Waals surface area contributed by atoms with Gasteiger partial charge in [-0.25, -0.2) is 0 Å². The summed E-state index contributed by atoms with van der Waals surface area (Å²) in [6.45, 7) is 0.211. The number of hydrogen-bond acceptors (Lipinski definition) is 5. The molecule has 1 aromatic heterocycles. The average molecular weight is 270 g/mol. The van der Waals surface area contributed by atoms with Crippen molar-refractivity contribution >= 4 is 5.97 Å². The van der Waals surface area contributed by atoms with E-state index in [1.165, 1.54) is 10.6 Å². The van der Waals surface area contributed by atoms with Crippen LogP contribution >= 0.6 is 0 Å². The minimum absolute atomic E-state index is 0.0229. The quantitative estimate of drug-likeness (QED) is 0.643. The molecule has 3 N–H and O–H groups in total. The van der Waals surface area contributed by atoms with Crippen LogP contribution in [0.4, 0.5) is 0 Å². The molecule has 0 aromatic carbocycles. The smallest absolute Gasteiger partial charge is 0.304 e. The van der Waals surface area contributed by atoms with Crippen molar-refractivity contribution in [2.45, 2.75) is 19.6 Å². The zero-order valence-electron chi connectivity index (χ0n) is 11.0. The van der Waals surface area contributed by atoms with E-state index in [0.29, 0.717) is 17.9 Å². The first-order valence-electron chi connectivity index (χ1n) is 5.78. The second-order valence-electron chi connectivity index (χ2n) is 4.39. The summed E-state index contributed by atoms with van der Waals surface area (Å²) in [5.41, 5.74) is 0.192. The van der Waals surface area contributed by atoms with Gasteiger partial charge in [0.2, 0.25) is 5.43 Å². The van der Waals surface area contributed by atoms with E-state index in [1.807, 2.05) is 0 Å². The van der Waals surface area contributed by atoms with E-state index in [1.54, 1.807) is 19.0 Å². The van der Waals surface area contributed by atoms with Crippen molar-refractivity contribution < 1.29 is 20.1 Å². The third-order valence-electron chi connectivity index (χ3n) is 2.93. The van der Waals surface area contributed by atoms with Gasteiger partial charge >= 0.3 is 5.97 Å². The molecule has 7 nitrogen and oxygen atoms in total. The van der Waals surface area contributed by atoms with E-state index >= 15 is 0 Å². The summed E-state index contributed by atoms with van der Waals surface area (Å²) in [5.74, 6) is -1.28. The predicted molar refractivity (Wildman–Crippen MR) is 67.9 cm³/mol. The van der Waals surface area contributed by atoms with Crippen molar-refractivity contribution in [2.24, 2.45) is 7.05 Å².